The van der Waals surface area contributed by atoms with Gasteiger partial charge in [0.2, 0.25) is 0 Å². The van der Waals surface area contributed by atoms with Crippen LogP contribution in [0.1, 0.15) is 6.42 Å². The van der Waals surface area contributed by atoms with Crippen LogP contribution in [0.4, 0.5) is 0 Å². The second kappa shape index (κ2) is 7.29. The molecule has 1 N–H and O–H groups in total. The van der Waals surface area contributed by atoms with E-state index in [1.807, 2.05) is 20.2 Å². The molecule has 0 bridgehead atoms. The topological polar surface area (TPSA) is 35.8 Å². The zero-order chi connectivity index (χ0) is 8.74. The first-order valence-electron chi connectivity index (χ1n) is 3.68. The predicted molar refractivity (Wildman–Crippen MR) is 45.4 cm³/mol. The van der Waals surface area contributed by atoms with E-state index in [0.717, 1.165) is 13.1 Å². The van der Waals surface area contributed by atoms with Crippen molar-refractivity contribution >= 4 is 0 Å². The van der Waals surface area contributed by atoms with E-state index in [2.05, 4.69) is 18.1 Å². The van der Waals surface area contributed by atoms with Crippen molar-refractivity contribution in [2.45, 2.75) is 6.42 Å². The van der Waals surface area contributed by atoms with Gasteiger partial charge in [0.15, 0.2) is 0 Å². The number of nitriles is 1. The zero-order valence-corrected chi connectivity index (χ0v) is 9.26. The standard InChI is InChI=1S/C8H16N3.BrH/c1-4-8-11(2,3)10-7-5-6-9;/h4,10H,1,5,7-8H2,2-3H3;1H/q+1;/p-1. The van der Waals surface area contributed by atoms with Crippen LogP contribution in [0, 0.1) is 11.3 Å². The number of rotatable bonds is 5. The molecule has 0 unspecified atom stereocenters. The Bertz CT molecular complexity index is 160. The Morgan fingerprint density at radius 3 is 2.58 bits per heavy atom. The van der Waals surface area contributed by atoms with Gasteiger partial charge in [-0.2, -0.15) is 10.7 Å². The predicted octanol–water partition coefficient (Wildman–Crippen LogP) is -2.33. The van der Waals surface area contributed by atoms with E-state index in [0.29, 0.717) is 11.0 Å². The fourth-order valence-corrected chi connectivity index (χ4v) is 0.802. The van der Waals surface area contributed by atoms with Crippen LogP contribution in [0.15, 0.2) is 12.7 Å². The fraction of sp³-hybridized carbons (Fsp3) is 0.625. The van der Waals surface area contributed by atoms with E-state index in [-0.39, 0.29) is 17.0 Å². The Labute approximate surface area is 85.0 Å². The zero-order valence-electron chi connectivity index (χ0n) is 7.68. The molecule has 0 aromatic carbocycles. The molecule has 3 nitrogen and oxygen atoms in total. The number of hydrogen-bond acceptors (Lipinski definition) is 2. The van der Waals surface area contributed by atoms with Crippen LogP contribution in [-0.4, -0.2) is 31.8 Å². The van der Waals surface area contributed by atoms with Crippen LogP contribution in [0.5, 0.6) is 0 Å². The highest BCUT2D eigenvalue weighted by molar-refractivity contribution is 4.69. The first-order chi connectivity index (χ1) is 5.12. The first kappa shape index (κ1) is 14.2. The molecule has 0 fully saturated rings. The Balaban J connectivity index is 0. The van der Waals surface area contributed by atoms with Crippen molar-refractivity contribution in [3.05, 3.63) is 12.7 Å². The molecule has 0 spiro atoms. The van der Waals surface area contributed by atoms with E-state index in [1.165, 1.54) is 0 Å². The Hall–Kier alpha value is -0.370. The monoisotopic (exact) mass is 233 g/mol. The maximum absolute atomic E-state index is 8.28. The summed E-state index contributed by atoms with van der Waals surface area (Å²) in [5.74, 6) is 0. The third-order valence-electron chi connectivity index (χ3n) is 1.36. The molecule has 0 amide bonds. The maximum atomic E-state index is 8.28. The molecule has 0 rings (SSSR count). The largest absolute Gasteiger partial charge is 1.00 e. The third kappa shape index (κ3) is 7.73. The molecule has 0 radical (unpaired) electrons. The van der Waals surface area contributed by atoms with Crippen molar-refractivity contribution < 1.29 is 21.6 Å². The number of likely N-dealkylation sites (N-methyl/N-ethyl adjacent to an activating group) is 1. The van der Waals surface area contributed by atoms with Crippen LogP contribution in [0.25, 0.3) is 0 Å². The second-order valence-electron chi connectivity index (χ2n) is 2.97. The minimum absolute atomic E-state index is 0. The molecule has 0 aliphatic rings. The molecular weight excluding hydrogens is 218 g/mol. The Morgan fingerprint density at radius 1 is 1.58 bits per heavy atom. The van der Waals surface area contributed by atoms with E-state index in [1.54, 1.807) is 0 Å². The molecule has 0 aromatic heterocycles. The summed E-state index contributed by atoms with van der Waals surface area (Å²) in [7, 11) is 4.08. The molecule has 0 aliphatic carbocycles. The second-order valence-corrected chi connectivity index (χ2v) is 2.97. The summed E-state index contributed by atoms with van der Waals surface area (Å²) in [6.45, 7) is 5.25. The quantitative estimate of drug-likeness (QED) is 0.251. The summed E-state index contributed by atoms with van der Waals surface area (Å²) in [5.41, 5.74) is 3.20. The van der Waals surface area contributed by atoms with Crippen LogP contribution in [0.2, 0.25) is 0 Å². The van der Waals surface area contributed by atoms with E-state index >= 15 is 0 Å². The van der Waals surface area contributed by atoms with Gasteiger partial charge in [-0.25, -0.2) is 4.59 Å². The van der Waals surface area contributed by atoms with Crippen molar-refractivity contribution in [3.63, 3.8) is 0 Å². The minimum Gasteiger partial charge on any atom is -1.00 e. The number of halogens is 1. The molecule has 0 saturated heterocycles. The van der Waals surface area contributed by atoms with Gasteiger partial charge in [0.1, 0.15) is 6.54 Å². The van der Waals surface area contributed by atoms with Crippen LogP contribution in [0.3, 0.4) is 0 Å². The highest BCUT2D eigenvalue weighted by Gasteiger charge is 2.10. The first-order valence-corrected chi connectivity index (χ1v) is 3.68. The summed E-state index contributed by atoms with van der Waals surface area (Å²) >= 11 is 0. The lowest BCUT2D eigenvalue weighted by atomic mass is 10.5. The SMILES string of the molecule is C=CC[N+](C)(C)NCCC#N.[Br-]. The van der Waals surface area contributed by atoms with Gasteiger partial charge in [-0.3, -0.25) is 0 Å². The average molecular weight is 234 g/mol. The van der Waals surface area contributed by atoms with Crippen molar-refractivity contribution in [3.8, 4) is 6.07 Å². The smallest absolute Gasteiger partial charge is 0.114 e. The number of nitrogens with zero attached hydrogens (tertiary/aromatic N) is 2. The molecule has 0 atom stereocenters. The minimum atomic E-state index is 0. The van der Waals surface area contributed by atoms with E-state index in [9.17, 15) is 0 Å². The van der Waals surface area contributed by atoms with Gasteiger partial charge >= 0.3 is 0 Å². The van der Waals surface area contributed by atoms with Gasteiger partial charge in [0, 0.05) is 0 Å². The average Bonchev–Trinajstić information content (AvgIpc) is 1.87. The van der Waals surface area contributed by atoms with Crippen LogP contribution in [-0.2, 0) is 0 Å². The van der Waals surface area contributed by atoms with Crippen molar-refractivity contribution in [1.82, 2.24) is 5.43 Å². The molecule has 0 saturated carbocycles. The summed E-state index contributed by atoms with van der Waals surface area (Å²) in [4.78, 5) is 0. The van der Waals surface area contributed by atoms with Crippen LogP contribution >= 0.6 is 0 Å². The molecule has 70 valence electrons. The van der Waals surface area contributed by atoms with Crippen LogP contribution < -0.4 is 22.4 Å². The molecule has 12 heavy (non-hydrogen) atoms. The highest BCUT2D eigenvalue weighted by atomic mass is 79.9. The lowest BCUT2D eigenvalue weighted by Crippen LogP contribution is -3.00. The van der Waals surface area contributed by atoms with Gasteiger partial charge < -0.3 is 17.0 Å². The summed E-state index contributed by atoms with van der Waals surface area (Å²) in [6, 6.07) is 2.08. The molecule has 4 heteroatoms. The van der Waals surface area contributed by atoms with Gasteiger partial charge in [-0.05, 0) is 6.08 Å². The highest BCUT2D eigenvalue weighted by Crippen LogP contribution is 1.89. The van der Waals surface area contributed by atoms with Gasteiger partial charge in [0.25, 0.3) is 0 Å². The molecule has 0 aliphatic heterocycles. The van der Waals surface area contributed by atoms with Crippen molar-refractivity contribution in [2.75, 3.05) is 27.2 Å². The summed E-state index contributed by atoms with van der Waals surface area (Å²) < 4.78 is 0.686. The molecule has 0 aromatic rings. The van der Waals surface area contributed by atoms with E-state index < -0.39 is 0 Å². The van der Waals surface area contributed by atoms with Crippen molar-refractivity contribution in [2.24, 2.45) is 0 Å². The number of quaternary nitrogens is 1. The van der Waals surface area contributed by atoms with Crippen molar-refractivity contribution in [1.29, 1.82) is 5.26 Å². The third-order valence-corrected chi connectivity index (χ3v) is 1.36. The maximum Gasteiger partial charge on any atom is 0.114 e. The summed E-state index contributed by atoms with van der Waals surface area (Å²) in [6.07, 6.45) is 2.41. The Morgan fingerprint density at radius 2 is 2.17 bits per heavy atom. The number of hydrogen-bond donors (Lipinski definition) is 1. The van der Waals surface area contributed by atoms with Gasteiger partial charge in [-0.1, -0.05) is 6.58 Å². The van der Waals surface area contributed by atoms with Gasteiger partial charge in [-0.15, -0.1) is 0 Å². The lowest BCUT2D eigenvalue weighted by molar-refractivity contribution is -0.928. The Kier molecular flexibility index (Phi) is 8.61. The lowest BCUT2D eigenvalue weighted by Gasteiger charge is -2.27. The summed E-state index contributed by atoms with van der Waals surface area (Å²) in [5, 5.41) is 8.28. The van der Waals surface area contributed by atoms with E-state index in [4.69, 9.17) is 5.26 Å². The normalized spacial score (nSPS) is 9.75. The fourth-order valence-electron chi connectivity index (χ4n) is 0.802. The number of nitrogens with one attached hydrogen (secondary N) is 1. The molecular formula is C8H16BrN3. The van der Waals surface area contributed by atoms with Gasteiger partial charge in [0.05, 0.1) is 33.1 Å². The molecule has 0 heterocycles.